The Balaban J connectivity index is 0.00000140. The summed E-state index contributed by atoms with van der Waals surface area (Å²) in [6, 6.07) is 8.38. The van der Waals surface area contributed by atoms with Gasteiger partial charge in [0.25, 0.3) is 0 Å². The molecule has 5 unspecified atom stereocenters. The van der Waals surface area contributed by atoms with Crippen molar-refractivity contribution >= 4 is 30.7 Å². The number of fused-ring (bicyclic) bond motifs is 2. The number of nitrogens with one attached hydrogen (secondary N) is 1. The summed E-state index contributed by atoms with van der Waals surface area (Å²) in [5.41, 5.74) is 7.52. The van der Waals surface area contributed by atoms with Gasteiger partial charge in [0, 0.05) is 18.2 Å². The summed E-state index contributed by atoms with van der Waals surface area (Å²) in [6.45, 7) is 2.78. The average molecular weight is 430 g/mol. The van der Waals surface area contributed by atoms with Crippen molar-refractivity contribution in [2.45, 2.75) is 44.2 Å². The normalized spacial score (nSPS) is 29.6. The second-order valence-corrected chi connectivity index (χ2v) is 8.18. The molecule has 2 bridgehead atoms. The highest BCUT2D eigenvalue weighted by Gasteiger charge is 2.49. The van der Waals surface area contributed by atoms with Crippen molar-refractivity contribution < 1.29 is 9.53 Å². The second-order valence-electron chi connectivity index (χ2n) is 8.18. The predicted molar refractivity (Wildman–Crippen MR) is 116 cm³/mol. The van der Waals surface area contributed by atoms with Crippen LogP contribution in [0.15, 0.2) is 24.3 Å². The fraction of sp³-hybridized carbons (Fsp3) is 0.667. The number of para-hydroxylation sites is 1. The molecule has 3 aliphatic rings. The van der Waals surface area contributed by atoms with E-state index >= 15 is 0 Å². The molecular weight excluding hydrogens is 397 g/mol. The van der Waals surface area contributed by atoms with Crippen LogP contribution in [0.1, 0.15) is 43.7 Å². The zero-order valence-corrected chi connectivity index (χ0v) is 18.1. The Kier molecular flexibility index (Phi) is 8.44. The molecule has 5 atom stereocenters. The summed E-state index contributed by atoms with van der Waals surface area (Å²) in [5, 5.41) is 3.25. The molecule has 5 nitrogen and oxygen atoms in total. The number of amides is 1. The third-order valence-electron chi connectivity index (χ3n) is 6.83. The number of methoxy groups -OCH3 is 1. The maximum Gasteiger partial charge on any atom is 0.225 e. The smallest absolute Gasteiger partial charge is 0.225 e. The molecule has 1 aromatic carbocycles. The molecule has 3 fully saturated rings. The van der Waals surface area contributed by atoms with E-state index in [-0.39, 0.29) is 48.7 Å². The van der Waals surface area contributed by atoms with Crippen LogP contribution in [0.4, 0.5) is 0 Å². The molecule has 2 aliphatic carbocycles. The van der Waals surface area contributed by atoms with Crippen molar-refractivity contribution in [1.29, 1.82) is 0 Å². The maximum atomic E-state index is 12.9. The second kappa shape index (κ2) is 10.1. The highest BCUT2D eigenvalue weighted by molar-refractivity contribution is 5.85. The number of likely N-dealkylation sites (tertiary alicyclic amines) is 1. The Hall–Kier alpha value is -1.01. The summed E-state index contributed by atoms with van der Waals surface area (Å²) in [6.07, 6.45) is 5.95. The van der Waals surface area contributed by atoms with Crippen molar-refractivity contribution in [2.24, 2.45) is 23.5 Å². The Morgan fingerprint density at radius 3 is 2.54 bits per heavy atom. The number of hydrogen-bond donors (Lipinski definition) is 2. The van der Waals surface area contributed by atoms with Crippen LogP contribution in [0.3, 0.4) is 0 Å². The predicted octanol–water partition coefficient (Wildman–Crippen LogP) is 3.17. The van der Waals surface area contributed by atoms with E-state index in [9.17, 15) is 4.79 Å². The van der Waals surface area contributed by atoms with Crippen molar-refractivity contribution in [2.75, 3.05) is 26.7 Å². The minimum atomic E-state index is 0. The maximum absolute atomic E-state index is 12.9. The molecule has 4 rings (SSSR count). The van der Waals surface area contributed by atoms with Gasteiger partial charge in [-0.1, -0.05) is 18.2 Å². The van der Waals surface area contributed by atoms with Gasteiger partial charge in [0.1, 0.15) is 5.75 Å². The third kappa shape index (κ3) is 4.43. The molecule has 7 heteroatoms. The highest BCUT2D eigenvalue weighted by Crippen LogP contribution is 2.47. The van der Waals surface area contributed by atoms with Crippen molar-refractivity contribution in [3.63, 3.8) is 0 Å². The number of rotatable bonds is 6. The SMILES string of the molecule is COc1ccccc1C(CNC(=O)C1C2CCC(C2)C1N)N1CCCC1.Cl.Cl. The summed E-state index contributed by atoms with van der Waals surface area (Å²) in [5.74, 6) is 2.11. The molecule has 1 saturated heterocycles. The van der Waals surface area contributed by atoms with E-state index in [4.69, 9.17) is 10.5 Å². The number of carbonyl (C=O) groups excluding carboxylic acids is 1. The van der Waals surface area contributed by atoms with E-state index in [1.807, 2.05) is 12.1 Å². The van der Waals surface area contributed by atoms with E-state index in [0.717, 1.165) is 30.8 Å². The molecule has 0 spiro atoms. The average Bonchev–Trinajstić information content (AvgIpc) is 3.40. The minimum Gasteiger partial charge on any atom is -0.496 e. The summed E-state index contributed by atoms with van der Waals surface area (Å²) < 4.78 is 5.59. The van der Waals surface area contributed by atoms with Crippen molar-refractivity contribution in [1.82, 2.24) is 10.2 Å². The summed E-state index contributed by atoms with van der Waals surface area (Å²) in [7, 11) is 1.72. The van der Waals surface area contributed by atoms with E-state index in [0.29, 0.717) is 18.4 Å². The van der Waals surface area contributed by atoms with Crippen molar-refractivity contribution in [3.8, 4) is 5.75 Å². The first-order chi connectivity index (χ1) is 12.7. The third-order valence-corrected chi connectivity index (χ3v) is 6.83. The van der Waals surface area contributed by atoms with Gasteiger partial charge in [-0.05, 0) is 63.1 Å². The molecule has 28 heavy (non-hydrogen) atoms. The fourth-order valence-electron chi connectivity index (χ4n) is 5.47. The molecule has 0 radical (unpaired) electrons. The van der Waals surface area contributed by atoms with E-state index < -0.39 is 0 Å². The lowest BCUT2D eigenvalue weighted by atomic mass is 9.84. The Morgan fingerprint density at radius 2 is 1.89 bits per heavy atom. The number of benzene rings is 1. The van der Waals surface area contributed by atoms with Crippen LogP contribution in [-0.2, 0) is 4.79 Å². The van der Waals surface area contributed by atoms with Crippen LogP contribution in [0.5, 0.6) is 5.75 Å². The van der Waals surface area contributed by atoms with Crippen LogP contribution >= 0.6 is 24.8 Å². The van der Waals surface area contributed by atoms with Crippen LogP contribution < -0.4 is 15.8 Å². The highest BCUT2D eigenvalue weighted by atomic mass is 35.5. The van der Waals surface area contributed by atoms with Gasteiger partial charge in [-0.3, -0.25) is 9.69 Å². The molecular formula is C21H33Cl2N3O2. The quantitative estimate of drug-likeness (QED) is 0.728. The van der Waals surface area contributed by atoms with Gasteiger partial charge >= 0.3 is 0 Å². The molecule has 1 aliphatic heterocycles. The van der Waals surface area contributed by atoms with Gasteiger partial charge in [0.15, 0.2) is 0 Å². The molecule has 1 amide bonds. The van der Waals surface area contributed by atoms with Gasteiger partial charge in [0.2, 0.25) is 5.91 Å². The van der Waals surface area contributed by atoms with E-state index in [1.165, 1.54) is 25.7 Å². The number of halogens is 2. The van der Waals surface area contributed by atoms with E-state index in [2.05, 4.69) is 22.3 Å². The van der Waals surface area contributed by atoms with Crippen LogP contribution in [0.2, 0.25) is 0 Å². The monoisotopic (exact) mass is 429 g/mol. The first-order valence-corrected chi connectivity index (χ1v) is 10.1. The topological polar surface area (TPSA) is 67.6 Å². The van der Waals surface area contributed by atoms with Crippen LogP contribution in [0, 0.1) is 17.8 Å². The Morgan fingerprint density at radius 1 is 1.21 bits per heavy atom. The Labute approximate surface area is 180 Å². The van der Waals surface area contributed by atoms with Crippen molar-refractivity contribution in [3.05, 3.63) is 29.8 Å². The number of carbonyl (C=O) groups is 1. The fourth-order valence-corrected chi connectivity index (χ4v) is 5.47. The number of ether oxygens (including phenoxy) is 1. The van der Waals surface area contributed by atoms with E-state index in [1.54, 1.807) is 7.11 Å². The molecule has 1 aromatic rings. The minimum absolute atomic E-state index is 0. The van der Waals surface area contributed by atoms with Gasteiger partial charge in [-0.2, -0.15) is 0 Å². The van der Waals surface area contributed by atoms with Gasteiger partial charge in [-0.25, -0.2) is 0 Å². The molecule has 2 saturated carbocycles. The molecule has 158 valence electrons. The van der Waals surface area contributed by atoms with Crippen LogP contribution in [0.25, 0.3) is 0 Å². The molecule has 1 heterocycles. The lowest BCUT2D eigenvalue weighted by Gasteiger charge is -2.31. The number of nitrogens with zero attached hydrogens (tertiary/aromatic N) is 1. The van der Waals surface area contributed by atoms with Crippen LogP contribution in [-0.4, -0.2) is 43.6 Å². The van der Waals surface area contributed by atoms with Gasteiger partial charge in [-0.15, -0.1) is 24.8 Å². The number of hydrogen-bond acceptors (Lipinski definition) is 4. The Bertz CT molecular complexity index is 652. The number of nitrogens with two attached hydrogens (primary N) is 1. The zero-order valence-electron chi connectivity index (χ0n) is 16.5. The lowest BCUT2D eigenvalue weighted by Crippen LogP contribution is -2.47. The molecule has 3 N–H and O–H groups in total. The largest absolute Gasteiger partial charge is 0.496 e. The zero-order chi connectivity index (χ0) is 18.1. The first-order valence-electron chi connectivity index (χ1n) is 10.1. The molecule has 0 aromatic heterocycles. The summed E-state index contributed by atoms with van der Waals surface area (Å²) >= 11 is 0. The first kappa shape index (κ1) is 23.3. The summed E-state index contributed by atoms with van der Waals surface area (Å²) in [4.78, 5) is 15.4. The van der Waals surface area contributed by atoms with Gasteiger partial charge < -0.3 is 15.8 Å². The lowest BCUT2D eigenvalue weighted by molar-refractivity contribution is -0.127. The standard InChI is InChI=1S/C21H31N3O2.2ClH/c1-26-18-7-3-2-6-16(18)17(24-10-4-5-11-24)13-23-21(25)19-14-8-9-15(12-14)20(19)22;;/h2-3,6-7,14-15,17,19-20H,4-5,8-13,22H2,1H3,(H,23,25);2*1H. The van der Waals surface area contributed by atoms with Gasteiger partial charge in [0.05, 0.1) is 19.1 Å².